The van der Waals surface area contributed by atoms with Crippen LogP contribution in [0.4, 0.5) is 0 Å². The fourth-order valence-electron chi connectivity index (χ4n) is 1.74. The zero-order valence-corrected chi connectivity index (χ0v) is 11.5. The van der Waals surface area contributed by atoms with E-state index in [4.69, 9.17) is 0 Å². The second-order valence-electron chi connectivity index (χ2n) is 4.03. The number of hydrogen-bond acceptors (Lipinski definition) is 1. The van der Waals surface area contributed by atoms with Crippen LogP contribution in [-0.4, -0.2) is 14.6 Å². The summed E-state index contributed by atoms with van der Waals surface area (Å²) >= 11 is 3.71. The minimum absolute atomic E-state index is 0.655. The van der Waals surface area contributed by atoms with E-state index in [0.717, 1.165) is 12.8 Å². The van der Waals surface area contributed by atoms with Crippen LogP contribution in [0.15, 0.2) is 6.07 Å². The van der Waals surface area contributed by atoms with Crippen LogP contribution in [0.25, 0.3) is 0 Å². The monoisotopic (exact) mass is 272 g/mol. The van der Waals surface area contributed by atoms with Gasteiger partial charge in [-0.15, -0.1) is 0 Å². The van der Waals surface area contributed by atoms with Gasteiger partial charge >= 0.3 is 0 Å². The molecule has 0 aliphatic heterocycles. The van der Waals surface area contributed by atoms with Crippen LogP contribution in [0.3, 0.4) is 0 Å². The Morgan fingerprint density at radius 2 is 2.13 bits per heavy atom. The van der Waals surface area contributed by atoms with Crippen LogP contribution in [-0.2, 0) is 19.9 Å². The molecule has 3 heteroatoms. The highest BCUT2D eigenvalue weighted by atomic mass is 79.9. The Balaban J connectivity index is 2.46. The van der Waals surface area contributed by atoms with Crippen molar-refractivity contribution in [1.82, 2.24) is 9.78 Å². The third kappa shape index (κ3) is 3.98. The molecule has 1 unspecified atom stereocenters. The standard InChI is InChI=1S/C12H21BrN2/c1-4-6-10(13)7-8-12-9-11(5-2)14-15(12)3/h9-10H,4-8H2,1-3H3. The maximum Gasteiger partial charge on any atom is 0.0624 e. The SMILES string of the molecule is CCCC(Br)CCc1cc(CC)nn1C. The van der Waals surface area contributed by atoms with E-state index in [-0.39, 0.29) is 0 Å². The molecule has 2 nitrogen and oxygen atoms in total. The molecule has 0 spiro atoms. The lowest BCUT2D eigenvalue weighted by atomic mass is 10.1. The van der Waals surface area contributed by atoms with E-state index in [1.165, 1.54) is 30.7 Å². The number of rotatable bonds is 6. The first kappa shape index (κ1) is 12.8. The van der Waals surface area contributed by atoms with Crippen molar-refractivity contribution >= 4 is 15.9 Å². The molecule has 1 atom stereocenters. The van der Waals surface area contributed by atoms with Gasteiger partial charge in [0, 0.05) is 17.6 Å². The van der Waals surface area contributed by atoms with Gasteiger partial charge in [0.05, 0.1) is 5.69 Å². The summed E-state index contributed by atoms with van der Waals surface area (Å²) in [5.74, 6) is 0. The summed E-state index contributed by atoms with van der Waals surface area (Å²) in [7, 11) is 2.04. The molecule has 0 aliphatic carbocycles. The molecular formula is C12H21BrN2. The van der Waals surface area contributed by atoms with Gasteiger partial charge in [-0.3, -0.25) is 4.68 Å². The minimum Gasteiger partial charge on any atom is -0.272 e. The first-order valence-corrected chi connectivity index (χ1v) is 6.74. The van der Waals surface area contributed by atoms with Crippen molar-refractivity contribution in [2.45, 2.75) is 50.8 Å². The average Bonchev–Trinajstić information content (AvgIpc) is 2.57. The van der Waals surface area contributed by atoms with Crippen molar-refractivity contribution in [2.24, 2.45) is 7.05 Å². The summed E-state index contributed by atoms with van der Waals surface area (Å²) in [5.41, 5.74) is 2.56. The van der Waals surface area contributed by atoms with Crippen LogP contribution < -0.4 is 0 Å². The van der Waals surface area contributed by atoms with E-state index >= 15 is 0 Å². The number of halogens is 1. The summed E-state index contributed by atoms with van der Waals surface area (Å²) in [4.78, 5) is 0.655. The predicted octanol–water partition coefficient (Wildman–Crippen LogP) is 3.48. The molecule has 0 amide bonds. The molecule has 0 bridgehead atoms. The molecule has 0 aliphatic rings. The van der Waals surface area contributed by atoms with Gasteiger partial charge in [0.25, 0.3) is 0 Å². The molecule has 1 aromatic heterocycles. The molecule has 1 heterocycles. The van der Waals surface area contributed by atoms with Crippen LogP contribution >= 0.6 is 15.9 Å². The van der Waals surface area contributed by atoms with Crippen LogP contribution in [0.1, 0.15) is 44.5 Å². The average molecular weight is 273 g/mol. The molecule has 0 fully saturated rings. The van der Waals surface area contributed by atoms with Gasteiger partial charge in [-0.25, -0.2) is 0 Å². The molecule has 0 N–H and O–H groups in total. The second-order valence-corrected chi connectivity index (χ2v) is 5.32. The topological polar surface area (TPSA) is 17.8 Å². The predicted molar refractivity (Wildman–Crippen MR) is 68.5 cm³/mol. The van der Waals surface area contributed by atoms with Gasteiger partial charge in [0.1, 0.15) is 0 Å². The Hall–Kier alpha value is -0.310. The van der Waals surface area contributed by atoms with Crippen molar-refractivity contribution in [3.05, 3.63) is 17.5 Å². The number of aryl methyl sites for hydroxylation is 3. The van der Waals surface area contributed by atoms with E-state index in [1.807, 2.05) is 11.7 Å². The Labute approximate surface area is 101 Å². The van der Waals surface area contributed by atoms with E-state index in [0.29, 0.717) is 4.83 Å². The summed E-state index contributed by atoms with van der Waals surface area (Å²) in [6.45, 7) is 4.38. The minimum atomic E-state index is 0.655. The van der Waals surface area contributed by atoms with E-state index in [9.17, 15) is 0 Å². The fourth-order valence-corrected chi connectivity index (χ4v) is 2.43. The van der Waals surface area contributed by atoms with Crippen molar-refractivity contribution in [3.8, 4) is 0 Å². The van der Waals surface area contributed by atoms with Gasteiger partial charge in [0.15, 0.2) is 0 Å². The molecule has 0 saturated carbocycles. The smallest absolute Gasteiger partial charge is 0.0624 e. The maximum absolute atomic E-state index is 4.45. The van der Waals surface area contributed by atoms with E-state index in [2.05, 4.69) is 40.9 Å². The van der Waals surface area contributed by atoms with Crippen molar-refractivity contribution in [3.63, 3.8) is 0 Å². The fraction of sp³-hybridized carbons (Fsp3) is 0.750. The first-order valence-electron chi connectivity index (χ1n) is 5.83. The van der Waals surface area contributed by atoms with Crippen molar-refractivity contribution in [1.29, 1.82) is 0 Å². The Morgan fingerprint density at radius 3 is 2.67 bits per heavy atom. The largest absolute Gasteiger partial charge is 0.272 e. The Bertz CT molecular complexity index is 294. The summed E-state index contributed by atoms with van der Waals surface area (Å²) in [5, 5.41) is 4.45. The van der Waals surface area contributed by atoms with Gasteiger partial charge in [-0.05, 0) is 31.7 Å². The normalized spacial score (nSPS) is 13.1. The Morgan fingerprint density at radius 1 is 1.40 bits per heavy atom. The third-order valence-electron chi connectivity index (χ3n) is 2.71. The molecular weight excluding hydrogens is 252 g/mol. The van der Waals surface area contributed by atoms with Gasteiger partial charge in [-0.1, -0.05) is 36.2 Å². The lowest BCUT2D eigenvalue weighted by molar-refractivity contribution is 0.644. The van der Waals surface area contributed by atoms with Crippen LogP contribution in [0.2, 0.25) is 0 Å². The highest BCUT2D eigenvalue weighted by Gasteiger charge is 2.07. The molecule has 1 aromatic rings. The first-order chi connectivity index (χ1) is 7.17. The molecule has 0 aromatic carbocycles. The number of hydrogen-bond donors (Lipinski definition) is 0. The lowest BCUT2D eigenvalue weighted by Gasteiger charge is -2.07. The molecule has 86 valence electrons. The molecule has 0 saturated heterocycles. The van der Waals surface area contributed by atoms with Crippen LogP contribution in [0.5, 0.6) is 0 Å². The summed E-state index contributed by atoms with van der Waals surface area (Å²) in [6.07, 6.45) is 5.87. The second kappa shape index (κ2) is 6.31. The van der Waals surface area contributed by atoms with Gasteiger partial charge in [0.2, 0.25) is 0 Å². The van der Waals surface area contributed by atoms with E-state index in [1.54, 1.807) is 0 Å². The maximum atomic E-state index is 4.45. The number of alkyl halides is 1. The third-order valence-corrected chi connectivity index (χ3v) is 3.62. The summed E-state index contributed by atoms with van der Waals surface area (Å²) in [6, 6.07) is 2.23. The zero-order chi connectivity index (χ0) is 11.3. The van der Waals surface area contributed by atoms with Gasteiger partial charge in [-0.2, -0.15) is 5.10 Å². The van der Waals surface area contributed by atoms with E-state index < -0.39 is 0 Å². The number of nitrogens with zero attached hydrogens (tertiary/aromatic N) is 2. The number of aromatic nitrogens is 2. The lowest BCUT2D eigenvalue weighted by Crippen LogP contribution is -2.03. The molecule has 15 heavy (non-hydrogen) atoms. The van der Waals surface area contributed by atoms with Crippen LogP contribution in [0, 0.1) is 0 Å². The molecule has 0 radical (unpaired) electrons. The zero-order valence-electron chi connectivity index (χ0n) is 9.96. The van der Waals surface area contributed by atoms with Crippen molar-refractivity contribution < 1.29 is 0 Å². The quantitative estimate of drug-likeness (QED) is 0.725. The highest BCUT2D eigenvalue weighted by molar-refractivity contribution is 9.09. The molecule has 1 rings (SSSR count). The summed E-state index contributed by atoms with van der Waals surface area (Å²) < 4.78 is 2.02. The highest BCUT2D eigenvalue weighted by Crippen LogP contribution is 2.16. The van der Waals surface area contributed by atoms with Crippen molar-refractivity contribution in [2.75, 3.05) is 0 Å². The van der Waals surface area contributed by atoms with Gasteiger partial charge < -0.3 is 0 Å². The Kier molecular flexibility index (Phi) is 5.37.